The van der Waals surface area contributed by atoms with Crippen molar-refractivity contribution in [3.63, 3.8) is 0 Å². The monoisotopic (exact) mass is 197 g/mol. The Hall–Kier alpha value is -0.730. The van der Waals surface area contributed by atoms with Gasteiger partial charge in [-0.05, 0) is 24.7 Å². The quantitative estimate of drug-likeness (QED) is 0.737. The predicted octanol–water partition coefficient (Wildman–Crippen LogP) is 2.31. The van der Waals surface area contributed by atoms with Crippen LogP contribution in [0.5, 0.6) is 0 Å². The largest absolute Gasteiger partial charge is 0.444 e. The number of alkyl carbamates (subject to hydrolysis) is 1. The fraction of sp³-hybridized carbons (Fsp3) is 0.909. The SMILES string of the molecule is CCC1CCC(C2CNC(=O)O2)CC1. The Morgan fingerprint density at radius 1 is 1.36 bits per heavy atom. The lowest BCUT2D eigenvalue weighted by molar-refractivity contribution is 0.0798. The van der Waals surface area contributed by atoms with Crippen LogP contribution in [-0.2, 0) is 4.74 Å². The molecule has 0 spiro atoms. The minimum Gasteiger partial charge on any atom is -0.444 e. The Bertz CT molecular complexity index is 209. The number of cyclic esters (lactones) is 1. The molecule has 1 N–H and O–H groups in total. The topological polar surface area (TPSA) is 38.3 Å². The van der Waals surface area contributed by atoms with Crippen LogP contribution in [0.4, 0.5) is 4.79 Å². The molecular weight excluding hydrogens is 178 g/mol. The minimum atomic E-state index is -0.229. The number of carbonyl (C=O) groups is 1. The van der Waals surface area contributed by atoms with Crippen molar-refractivity contribution in [2.75, 3.05) is 6.54 Å². The van der Waals surface area contributed by atoms with Gasteiger partial charge in [-0.15, -0.1) is 0 Å². The predicted molar refractivity (Wildman–Crippen MR) is 54.0 cm³/mol. The molecule has 1 saturated heterocycles. The van der Waals surface area contributed by atoms with Crippen LogP contribution in [0.25, 0.3) is 0 Å². The molecule has 0 aromatic rings. The van der Waals surface area contributed by atoms with Crippen LogP contribution >= 0.6 is 0 Å². The van der Waals surface area contributed by atoms with Gasteiger partial charge in [0.25, 0.3) is 0 Å². The first-order valence-corrected chi connectivity index (χ1v) is 5.74. The molecule has 1 atom stereocenters. The van der Waals surface area contributed by atoms with Crippen LogP contribution in [0.1, 0.15) is 39.0 Å². The van der Waals surface area contributed by atoms with Crippen molar-refractivity contribution in [3.8, 4) is 0 Å². The summed E-state index contributed by atoms with van der Waals surface area (Å²) in [6.45, 7) is 2.99. The van der Waals surface area contributed by atoms with Crippen LogP contribution in [0.15, 0.2) is 0 Å². The van der Waals surface area contributed by atoms with E-state index < -0.39 is 0 Å². The Balaban J connectivity index is 1.80. The van der Waals surface area contributed by atoms with E-state index >= 15 is 0 Å². The van der Waals surface area contributed by atoms with Gasteiger partial charge in [0.15, 0.2) is 0 Å². The molecule has 80 valence electrons. The number of amides is 1. The number of ether oxygens (including phenoxy) is 1. The van der Waals surface area contributed by atoms with Gasteiger partial charge in [0.05, 0.1) is 6.54 Å². The van der Waals surface area contributed by atoms with Crippen molar-refractivity contribution < 1.29 is 9.53 Å². The fourth-order valence-corrected chi connectivity index (χ4v) is 2.64. The molecule has 1 saturated carbocycles. The Labute approximate surface area is 85.2 Å². The Morgan fingerprint density at radius 3 is 2.57 bits per heavy atom. The second kappa shape index (κ2) is 4.20. The maximum Gasteiger partial charge on any atom is 0.407 e. The van der Waals surface area contributed by atoms with Gasteiger partial charge < -0.3 is 10.1 Å². The first-order valence-electron chi connectivity index (χ1n) is 5.74. The van der Waals surface area contributed by atoms with Crippen LogP contribution in [-0.4, -0.2) is 18.7 Å². The zero-order chi connectivity index (χ0) is 9.97. The molecule has 1 heterocycles. The molecule has 0 bridgehead atoms. The third-order valence-electron chi connectivity index (χ3n) is 3.70. The second-order valence-electron chi connectivity index (χ2n) is 4.51. The van der Waals surface area contributed by atoms with E-state index in [1.54, 1.807) is 0 Å². The van der Waals surface area contributed by atoms with Gasteiger partial charge in [-0.3, -0.25) is 0 Å². The normalized spacial score (nSPS) is 37.8. The van der Waals surface area contributed by atoms with Crippen molar-refractivity contribution in [1.29, 1.82) is 0 Å². The molecule has 0 radical (unpaired) electrons. The molecule has 1 unspecified atom stereocenters. The summed E-state index contributed by atoms with van der Waals surface area (Å²) in [7, 11) is 0. The lowest BCUT2D eigenvalue weighted by Crippen LogP contribution is -2.28. The third-order valence-corrected chi connectivity index (χ3v) is 3.70. The molecular formula is C11H19NO2. The molecule has 1 aliphatic heterocycles. The highest BCUT2D eigenvalue weighted by molar-refractivity contribution is 5.69. The summed E-state index contributed by atoms with van der Waals surface area (Å²) in [6, 6.07) is 0. The van der Waals surface area contributed by atoms with Crippen LogP contribution < -0.4 is 5.32 Å². The Kier molecular flexibility index (Phi) is 2.94. The fourth-order valence-electron chi connectivity index (χ4n) is 2.64. The number of carbonyl (C=O) groups excluding carboxylic acids is 1. The zero-order valence-corrected chi connectivity index (χ0v) is 8.79. The zero-order valence-electron chi connectivity index (χ0n) is 8.79. The second-order valence-corrected chi connectivity index (χ2v) is 4.51. The molecule has 3 nitrogen and oxygen atoms in total. The summed E-state index contributed by atoms with van der Waals surface area (Å²) in [5.41, 5.74) is 0. The lowest BCUT2D eigenvalue weighted by atomic mass is 9.78. The highest BCUT2D eigenvalue weighted by atomic mass is 16.6. The highest BCUT2D eigenvalue weighted by Crippen LogP contribution is 2.34. The molecule has 3 heteroatoms. The van der Waals surface area contributed by atoms with E-state index in [4.69, 9.17) is 4.74 Å². The van der Waals surface area contributed by atoms with Gasteiger partial charge >= 0.3 is 6.09 Å². The van der Waals surface area contributed by atoms with E-state index in [2.05, 4.69) is 12.2 Å². The van der Waals surface area contributed by atoms with Crippen molar-refractivity contribution in [1.82, 2.24) is 5.32 Å². The van der Waals surface area contributed by atoms with Crippen LogP contribution in [0, 0.1) is 11.8 Å². The number of rotatable bonds is 2. The first-order chi connectivity index (χ1) is 6.79. The third kappa shape index (κ3) is 2.02. The van der Waals surface area contributed by atoms with E-state index in [0.29, 0.717) is 5.92 Å². The van der Waals surface area contributed by atoms with Gasteiger partial charge in [0.1, 0.15) is 6.10 Å². The summed E-state index contributed by atoms with van der Waals surface area (Å²) in [4.78, 5) is 10.9. The number of hydrogen-bond acceptors (Lipinski definition) is 2. The van der Waals surface area contributed by atoms with Crippen molar-refractivity contribution in [3.05, 3.63) is 0 Å². The Morgan fingerprint density at radius 2 is 2.07 bits per heavy atom. The van der Waals surface area contributed by atoms with Gasteiger partial charge in [-0.2, -0.15) is 0 Å². The minimum absolute atomic E-state index is 0.153. The van der Waals surface area contributed by atoms with Gasteiger partial charge in [-0.1, -0.05) is 26.2 Å². The smallest absolute Gasteiger partial charge is 0.407 e. The summed E-state index contributed by atoms with van der Waals surface area (Å²) < 4.78 is 5.22. The average molecular weight is 197 g/mol. The molecule has 14 heavy (non-hydrogen) atoms. The molecule has 1 aliphatic carbocycles. The summed E-state index contributed by atoms with van der Waals surface area (Å²) in [6.07, 6.45) is 6.32. The van der Waals surface area contributed by atoms with Crippen molar-refractivity contribution in [2.24, 2.45) is 11.8 Å². The maximum absolute atomic E-state index is 10.9. The van der Waals surface area contributed by atoms with E-state index in [1.807, 2.05) is 0 Å². The van der Waals surface area contributed by atoms with Crippen LogP contribution in [0.2, 0.25) is 0 Å². The van der Waals surface area contributed by atoms with Gasteiger partial charge in [0, 0.05) is 0 Å². The molecule has 2 rings (SSSR count). The summed E-state index contributed by atoms with van der Waals surface area (Å²) in [5.74, 6) is 1.52. The summed E-state index contributed by atoms with van der Waals surface area (Å²) >= 11 is 0. The molecule has 2 aliphatic rings. The molecule has 0 aromatic carbocycles. The van der Waals surface area contributed by atoms with E-state index in [0.717, 1.165) is 12.5 Å². The van der Waals surface area contributed by atoms with E-state index in [1.165, 1.54) is 32.1 Å². The van der Waals surface area contributed by atoms with Gasteiger partial charge in [-0.25, -0.2) is 4.79 Å². The summed E-state index contributed by atoms with van der Waals surface area (Å²) in [5, 5.41) is 2.73. The van der Waals surface area contributed by atoms with Crippen molar-refractivity contribution >= 4 is 6.09 Å². The standard InChI is InChI=1S/C11H19NO2/c1-2-8-3-5-9(6-4-8)10-7-12-11(13)14-10/h8-10H,2-7H2,1H3,(H,12,13). The maximum atomic E-state index is 10.9. The lowest BCUT2D eigenvalue weighted by Gasteiger charge is -2.30. The van der Waals surface area contributed by atoms with E-state index in [-0.39, 0.29) is 12.2 Å². The highest BCUT2D eigenvalue weighted by Gasteiger charge is 2.33. The number of nitrogens with one attached hydrogen (secondary N) is 1. The molecule has 0 aromatic heterocycles. The van der Waals surface area contributed by atoms with E-state index in [9.17, 15) is 4.79 Å². The van der Waals surface area contributed by atoms with Gasteiger partial charge in [0.2, 0.25) is 0 Å². The van der Waals surface area contributed by atoms with Crippen LogP contribution in [0.3, 0.4) is 0 Å². The van der Waals surface area contributed by atoms with Crippen molar-refractivity contribution in [2.45, 2.75) is 45.1 Å². The molecule has 2 fully saturated rings. The molecule has 1 amide bonds. The first kappa shape index (κ1) is 9.81. The average Bonchev–Trinajstić information content (AvgIpc) is 2.65. The number of hydrogen-bond donors (Lipinski definition) is 1.